The molecule has 1 heterocycles. The Morgan fingerprint density at radius 2 is 1.91 bits per heavy atom. The molecule has 0 radical (unpaired) electrons. The van der Waals surface area contributed by atoms with Crippen molar-refractivity contribution in [2.45, 2.75) is 31.2 Å². The van der Waals surface area contributed by atoms with E-state index in [1.54, 1.807) is 0 Å². The third kappa shape index (κ3) is 3.70. The summed E-state index contributed by atoms with van der Waals surface area (Å²) in [5.74, 6) is 1.77. The van der Waals surface area contributed by atoms with Gasteiger partial charge in [0.15, 0.2) is 6.61 Å². The van der Waals surface area contributed by atoms with Crippen LogP contribution in [-0.2, 0) is 4.79 Å². The van der Waals surface area contributed by atoms with Gasteiger partial charge < -0.3 is 10.1 Å². The standard InChI is InChI=1S/C19H21NO2S/c1-13-6-5-7-14(2)19(13)22-12-18(21)20-16-10-11-23-17-9-4-3-8-15(16)17/h3-9,16H,10-12H2,1-2H3,(H,20,21). The number of fused-ring (bicyclic) bond motifs is 1. The second kappa shape index (κ2) is 7.09. The maximum atomic E-state index is 12.3. The summed E-state index contributed by atoms with van der Waals surface area (Å²) in [4.78, 5) is 13.5. The molecule has 0 saturated heterocycles. The number of aryl methyl sites for hydroxylation is 2. The minimum absolute atomic E-state index is 0.0531. The van der Waals surface area contributed by atoms with Gasteiger partial charge in [-0.3, -0.25) is 4.79 Å². The Balaban J connectivity index is 1.63. The van der Waals surface area contributed by atoms with Crippen molar-refractivity contribution in [3.05, 3.63) is 59.2 Å². The summed E-state index contributed by atoms with van der Waals surface area (Å²) in [6.07, 6.45) is 0.955. The lowest BCUT2D eigenvalue weighted by molar-refractivity contribution is -0.123. The normalized spacial score (nSPS) is 16.5. The number of carbonyl (C=O) groups excluding carboxylic acids is 1. The molecule has 3 nitrogen and oxygen atoms in total. The molecule has 23 heavy (non-hydrogen) atoms. The van der Waals surface area contributed by atoms with E-state index in [0.717, 1.165) is 29.1 Å². The predicted molar refractivity (Wildman–Crippen MR) is 94.1 cm³/mol. The van der Waals surface area contributed by atoms with Gasteiger partial charge in [0.1, 0.15) is 5.75 Å². The first-order valence-electron chi connectivity index (χ1n) is 7.85. The first-order valence-corrected chi connectivity index (χ1v) is 8.84. The van der Waals surface area contributed by atoms with Crippen LogP contribution < -0.4 is 10.1 Å². The number of hydrogen-bond acceptors (Lipinski definition) is 3. The minimum atomic E-state index is -0.0700. The van der Waals surface area contributed by atoms with Crippen molar-refractivity contribution in [3.8, 4) is 5.75 Å². The summed E-state index contributed by atoms with van der Waals surface area (Å²) in [5.41, 5.74) is 3.32. The molecule has 2 aromatic rings. The number of rotatable bonds is 4. The van der Waals surface area contributed by atoms with Crippen molar-refractivity contribution in [2.75, 3.05) is 12.4 Å². The molecule has 0 aromatic heterocycles. The van der Waals surface area contributed by atoms with Crippen LogP contribution >= 0.6 is 11.8 Å². The van der Waals surface area contributed by atoms with Gasteiger partial charge in [-0.1, -0.05) is 36.4 Å². The molecule has 1 N–H and O–H groups in total. The molecule has 3 rings (SSSR count). The quantitative estimate of drug-likeness (QED) is 0.921. The van der Waals surface area contributed by atoms with Crippen LogP contribution in [0.4, 0.5) is 0 Å². The molecule has 0 spiro atoms. The molecule has 1 aliphatic heterocycles. The molecule has 0 fully saturated rings. The minimum Gasteiger partial charge on any atom is -0.483 e. The van der Waals surface area contributed by atoms with Gasteiger partial charge in [-0.05, 0) is 43.0 Å². The molecule has 1 unspecified atom stereocenters. The SMILES string of the molecule is Cc1cccc(C)c1OCC(=O)NC1CCSc2ccccc21. The zero-order valence-electron chi connectivity index (χ0n) is 13.5. The summed E-state index contributed by atoms with van der Waals surface area (Å²) >= 11 is 1.85. The summed E-state index contributed by atoms with van der Waals surface area (Å²) in [5, 5.41) is 3.11. The van der Waals surface area contributed by atoms with Crippen molar-refractivity contribution < 1.29 is 9.53 Å². The summed E-state index contributed by atoms with van der Waals surface area (Å²) in [6, 6.07) is 14.3. The van der Waals surface area contributed by atoms with Crippen LogP contribution in [0.15, 0.2) is 47.4 Å². The van der Waals surface area contributed by atoms with Gasteiger partial charge in [0.2, 0.25) is 0 Å². The second-order valence-corrected chi connectivity index (χ2v) is 6.94. The number of ether oxygens (including phenoxy) is 1. The monoisotopic (exact) mass is 327 g/mol. The Kier molecular flexibility index (Phi) is 4.91. The largest absolute Gasteiger partial charge is 0.483 e. The highest BCUT2D eigenvalue weighted by Gasteiger charge is 2.22. The Bertz CT molecular complexity index is 694. The molecular weight excluding hydrogens is 306 g/mol. The first kappa shape index (κ1) is 15.9. The number of hydrogen-bond donors (Lipinski definition) is 1. The molecule has 1 aliphatic rings. The third-order valence-corrected chi connectivity index (χ3v) is 5.17. The van der Waals surface area contributed by atoms with Crippen LogP contribution in [0.1, 0.15) is 29.2 Å². The van der Waals surface area contributed by atoms with E-state index in [1.165, 1.54) is 10.5 Å². The average molecular weight is 327 g/mol. The average Bonchev–Trinajstić information content (AvgIpc) is 2.55. The Hall–Kier alpha value is -1.94. The molecular formula is C19H21NO2S. The molecule has 2 aromatic carbocycles. The van der Waals surface area contributed by atoms with Crippen LogP contribution in [0.3, 0.4) is 0 Å². The van der Waals surface area contributed by atoms with E-state index >= 15 is 0 Å². The number of benzene rings is 2. The number of thioether (sulfide) groups is 1. The summed E-state index contributed by atoms with van der Waals surface area (Å²) in [7, 11) is 0. The fourth-order valence-corrected chi connectivity index (χ4v) is 4.02. The van der Waals surface area contributed by atoms with Crippen LogP contribution in [0.25, 0.3) is 0 Å². The second-order valence-electron chi connectivity index (χ2n) is 5.80. The lowest BCUT2D eigenvalue weighted by atomic mass is 10.0. The molecule has 4 heteroatoms. The number of carbonyl (C=O) groups is 1. The molecule has 120 valence electrons. The highest BCUT2D eigenvalue weighted by molar-refractivity contribution is 7.99. The van der Waals surface area contributed by atoms with Gasteiger partial charge in [-0.15, -0.1) is 11.8 Å². The van der Waals surface area contributed by atoms with Gasteiger partial charge in [-0.25, -0.2) is 0 Å². The molecule has 1 amide bonds. The van der Waals surface area contributed by atoms with E-state index in [0.29, 0.717) is 0 Å². The van der Waals surface area contributed by atoms with Crippen LogP contribution in [-0.4, -0.2) is 18.3 Å². The van der Waals surface area contributed by atoms with E-state index in [1.807, 2.05) is 55.9 Å². The highest BCUT2D eigenvalue weighted by Crippen LogP contribution is 2.35. The first-order chi connectivity index (χ1) is 11.1. The summed E-state index contributed by atoms with van der Waals surface area (Å²) < 4.78 is 5.74. The smallest absolute Gasteiger partial charge is 0.258 e. The van der Waals surface area contributed by atoms with Crippen molar-refractivity contribution in [3.63, 3.8) is 0 Å². The topological polar surface area (TPSA) is 38.3 Å². The van der Waals surface area contributed by atoms with E-state index in [9.17, 15) is 4.79 Å². The zero-order valence-corrected chi connectivity index (χ0v) is 14.3. The molecule has 0 aliphatic carbocycles. The fourth-order valence-electron chi connectivity index (χ4n) is 2.89. The Labute approximate surface area is 141 Å². The van der Waals surface area contributed by atoms with Gasteiger partial charge in [-0.2, -0.15) is 0 Å². The van der Waals surface area contributed by atoms with Gasteiger partial charge in [0.05, 0.1) is 6.04 Å². The lowest BCUT2D eigenvalue weighted by Gasteiger charge is -2.26. The van der Waals surface area contributed by atoms with Gasteiger partial charge in [0, 0.05) is 10.6 Å². The Morgan fingerprint density at radius 3 is 2.70 bits per heavy atom. The van der Waals surface area contributed by atoms with Crippen LogP contribution in [0.2, 0.25) is 0 Å². The number of nitrogens with one attached hydrogen (secondary N) is 1. The number of amides is 1. The molecule has 0 bridgehead atoms. The van der Waals surface area contributed by atoms with Crippen LogP contribution in [0, 0.1) is 13.8 Å². The van der Waals surface area contributed by atoms with E-state index in [2.05, 4.69) is 17.4 Å². The van der Waals surface area contributed by atoms with E-state index < -0.39 is 0 Å². The van der Waals surface area contributed by atoms with E-state index in [-0.39, 0.29) is 18.6 Å². The summed E-state index contributed by atoms with van der Waals surface area (Å²) in [6.45, 7) is 4.04. The molecule has 1 atom stereocenters. The van der Waals surface area contributed by atoms with E-state index in [4.69, 9.17) is 4.74 Å². The maximum absolute atomic E-state index is 12.3. The third-order valence-electron chi connectivity index (χ3n) is 4.05. The van der Waals surface area contributed by atoms with Crippen molar-refractivity contribution in [1.82, 2.24) is 5.32 Å². The van der Waals surface area contributed by atoms with Crippen molar-refractivity contribution in [1.29, 1.82) is 0 Å². The predicted octanol–water partition coefficient (Wildman–Crippen LogP) is 4.04. The Morgan fingerprint density at radius 1 is 1.17 bits per heavy atom. The fraction of sp³-hybridized carbons (Fsp3) is 0.316. The van der Waals surface area contributed by atoms with Crippen molar-refractivity contribution in [2.24, 2.45) is 0 Å². The maximum Gasteiger partial charge on any atom is 0.258 e. The zero-order chi connectivity index (χ0) is 16.2. The highest BCUT2D eigenvalue weighted by atomic mass is 32.2. The van der Waals surface area contributed by atoms with Gasteiger partial charge in [0.25, 0.3) is 5.91 Å². The van der Waals surface area contributed by atoms with Crippen LogP contribution in [0.5, 0.6) is 5.75 Å². The number of para-hydroxylation sites is 1. The van der Waals surface area contributed by atoms with Gasteiger partial charge >= 0.3 is 0 Å². The van der Waals surface area contributed by atoms with Crippen molar-refractivity contribution >= 4 is 17.7 Å². The molecule has 0 saturated carbocycles. The lowest BCUT2D eigenvalue weighted by Crippen LogP contribution is -2.34.